The van der Waals surface area contributed by atoms with E-state index in [0.717, 1.165) is 6.42 Å². The van der Waals surface area contributed by atoms with E-state index in [4.69, 9.17) is 16.3 Å². The first-order chi connectivity index (χ1) is 11.3. The van der Waals surface area contributed by atoms with Crippen molar-refractivity contribution in [1.82, 2.24) is 10.6 Å². The van der Waals surface area contributed by atoms with Gasteiger partial charge in [-0.3, -0.25) is 9.59 Å². The molecule has 142 valence electrons. The number of hydrogen-bond donors (Lipinski definition) is 3. The summed E-state index contributed by atoms with van der Waals surface area (Å²) in [7, 11) is 1.60. The third kappa shape index (κ3) is 8.54. The van der Waals surface area contributed by atoms with E-state index in [1.165, 1.54) is 0 Å². The van der Waals surface area contributed by atoms with Gasteiger partial charge in [0.1, 0.15) is 0 Å². The minimum Gasteiger partial charge on any atom is -0.383 e. The van der Waals surface area contributed by atoms with Gasteiger partial charge in [-0.05, 0) is 38.5 Å². The van der Waals surface area contributed by atoms with Crippen LogP contribution in [0.25, 0.3) is 0 Å². The van der Waals surface area contributed by atoms with Gasteiger partial charge in [-0.1, -0.05) is 18.5 Å². The van der Waals surface area contributed by atoms with Crippen LogP contribution in [-0.4, -0.2) is 44.2 Å². The summed E-state index contributed by atoms with van der Waals surface area (Å²) in [4.78, 5) is 24.1. The zero-order chi connectivity index (χ0) is 18.2. The van der Waals surface area contributed by atoms with E-state index in [9.17, 15) is 9.59 Å². The van der Waals surface area contributed by atoms with Gasteiger partial charge in [0, 0.05) is 24.9 Å². The normalized spacial score (nSPS) is 10.8. The van der Waals surface area contributed by atoms with Crippen molar-refractivity contribution in [3.63, 3.8) is 0 Å². The van der Waals surface area contributed by atoms with Crippen LogP contribution in [0.3, 0.4) is 0 Å². The molecule has 1 aromatic rings. The number of halogens is 2. The highest BCUT2D eigenvalue weighted by Crippen LogP contribution is 2.22. The number of carbonyl (C=O) groups is 2. The zero-order valence-corrected chi connectivity index (χ0v) is 16.6. The molecular formula is C17H27Cl2N3O3. The maximum atomic E-state index is 12.3. The van der Waals surface area contributed by atoms with Gasteiger partial charge >= 0.3 is 0 Å². The Labute approximate surface area is 160 Å². The molecule has 0 aliphatic carbocycles. The molecule has 0 unspecified atom stereocenters. The fourth-order valence-corrected chi connectivity index (χ4v) is 2.09. The highest BCUT2D eigenvalue weighted by Gasteiger charge is 2.20. The van der Waals surface area contributed by atoms with Crippen molar-refractivity contribution in [3.8, 4) is 0 Å². The lowest BCUT2D eigenvalue weighted by Gasteiger charge is -2.24. The van der Waals surface area contributed by atoms with Crippen LogP contribution < -0.4 is 16.0 Å². The van der Waals surface area contributed by atoms with Gasteiger partial charge in [0.15, 0.2) is 0 Å². The number of nitrogens with one attached hydrogen (secondary N) is 3. The largest absolute Gasteiger partial charge is 0.383 e. The number of anilines is 1. The van der Waals surface area contributed by atoms with Gasteiger partial charge in [-0.25, -0.2) is 0 Å². The summed E-state index contributed by atoms with van der Waals surface area (Å²) in [6, 6.07) is 4.84. The summed E-state index contributed by atoms with van der Waals surface area (Å²) in [5.41, 5.74) is 0.625. The van der Waals surface area contributed by atoms with Crippen LogP contribution in [0, 0.1) is 0 Å². The molecule has 0 saturated heterocycles. The van der Waals surface area contributed by atoms with Gasteiger partial charge in [-0.15, -0.1) is 12.4 Å². The Bertz CT molecular complexity index is 580. The lowest BCUT2D eigenvalue weighted by Crippen LogP contribution is -2.42. The average molecular weight is 392 g/mol. The maximum absolute atomic E-state index is 12.3. The molecule has 0 aliphatic heterocycles. The first kappa shape index (κ1) is 23.7. The molecule has 0 heterocycles. The molecule has 25 heavy (non-hydrogen) atoms. The van der Waals surface area contributed by atoms with Crippen molar-refractivity contribution >= 4 is 41.5 Å². The molecule has 0 spiro atoms. The number of rotatable bonds is 9. The topological polar surface area (TPSA) is 79.5 Å². The summed E-state index contributed by atoms with van der Waals surface area (Å²) in [6.45, 7) is 7.21. The van der Waals surface area contributed by atoms with Gasteiger partial charge in [0.25, 0.3) is 5.91 Å². The van der Waals surface area contributed by atoms with Crippen LogP contribution in [0.5, 0.6) is 0 Å². The van der Waals surface area contributed by atoms with Crippen molar-refractivity contribution in [2.75, 3.05) is 32.1 Å². The summed E-state index contributed by atoms with van der Waals surface area (Å²) < 4.78 is 4.89. The first-order valence-electron chi connectivity index (χ1n) is 7.90. The quantitative estimate of drug-likeness (QED) is 0.565. The fraction of sp³-hybridized carbons (Fsp3) is 0.529. The summed E-state index contributed by atoms with van der Waals surface area (Å²) in [5, 5.41) is 8.90. The Hall–Kier alpha value is -1.34. The summed E-state index contributed by atoms with van der Waals surface area (Å²) >= 11 is 6.18. The second-order valence-electron chi connectivity index (χ2n) is 6.10. The minimum atomic E-state index is -0.304. The van der Waals surface area contributed by atoms with E-state index < -0.39 is 0 Å². The standard InChI is InChI=1S/C17H26ClN3O3.ClH/c1-5-17(2,3)21-16(23)13-7-6-12(10-14(13)18)20-15(22)11-19-8-9-24-4;/h6-7,10,19H,5,8-9,11H2,1-4H3,(H,20,22)(H,21,23);1H. The Morgan fingerprint density at radius 2 is 1.96 bits per heavy atom. The maximum Gasteiger partial charge on any atom is 0.253 e. The van der Waals surface area contributed by atoms with Gasteiger partial charge < -0.3 is 20.7 Å². The predicted molar refractivity (Wildman–Crippen MR) is 104 cm³/mol. The van der Waals surface area contributed by atoms with E-state index in [1.807, 2.05) is 20.8 Å². The zero-order valence-electron chi connectivity index (χ0n) is 15.1. The third-order valence-electron chi connectivity index (χ3n) is 3.60. The van der Waals surface area contributed by atoms with Crippen LogP contribution in [-0.2, 0) is 9.53 Å². The molecule has 1 aromatic carbocycles. The van der Waals surface area contributed by atoms with Crippen LogP contribution in [0.2, 0.25) is 5.02 Å². The Kier molecular flexibility index (Phi) is 10.7. The fourth-order valence-electron chi connectivity index (χ4n) is 1.82. The van der Waals surface area contributed by atoms with Crippen molar-refractivity contribution < 1.29 is 14.3 Å². The van der Waals surface area contributed by atoms with Crippen LogP contribution in [0.15, 0.2) is 18.2 Å². The SMILES string of the molecule is CCC(C)(C)NC(=O)c1ccc(NC(=O)CNCCOC)cc1Cl.Cl. The number of hydrogen-bond acceptors (Lipinski definition) is 4. The Balaban J connectivity index is 0.00000576. The van der Waals surface area contributed by atoms with E-state index in [1.54, 1.807) is 25.3 Å². The highest BCUT2D eigenvalue weighted by molar-refractivity contribution is 6.34. The monoisotopic (exact) mass is 391 g/mol. The lowest BCUT2D eigenvalue weighted by molar-refractivity contribution is -0.115. The molecule has 8 heteroatoms. The molecule has 2 amide bonds. The van der Waals surface area contributed by atoms with Crippen LogP contribution >= 0.6 is 24.0 Å². The van der Waals surface area contributed by atoms with E-state index >= 15 is 0 Å². The number of ether oxygens (including phenoxy) is 1. The van der Waals surface area contributed by atoms with Crippen LogP contribution in [0.4, 0.5) is 5.69 Å². The first-order valence-corrected chi connectivity index (χ1v) is 8.28. The Morgan fingerprint density at radius 1 is 1.28 bits per heavy atom. The van der Waals surface area contributed by atoms with Crippen LogP contribution in [0.1, 0.15) is 37.6 Å². The molecule has 0 bridgehead atoms. The smallest absolute Gasteiger partial charge is 0.253 e. The van der Waals surface area contributed by atoms with Gasteiger partial charge in [0.05, 0.1) is 23.7 Å². The van der Waals surface area contributed by atoms with E-state index in [2.05, 4.69) is 16.0 Å². The molecule has 0 fully saturated rings. The number of amides is 2. The molecule has 0 atom stereocenters. The molecule has 3 N–H and O–H groups in total. The van der Waals surface area contributed by atoms with Crippen molar-refractivity contribution in [2.24, 2.45) is 0 Å². The van der Waals surface area contributed by atoms with Crippen molar-refractivity contribution in [3.05, 3.63) is 28.8 Å². The lowest BCUT2D eigenvalue weighted by atomic mass is 10.0. The molecule has 0 aromatic heterocycles. The highest BCUT2D eigenvalue weighted by atomic mass is 35.5. The second-order valence-corrected chi connectivity index (χ2v) is 6.51. The summed E-state index contributed by atoms with van der Waals surface area (Å²) in [5.74, 6) is -0.419. The van der Waals surface area contributed by atoms with Gasteiger partial charge in [0.2, 0.25) is 5.91 Å². The minimum absolute atomic E-state index is 0. The molecular weight excluding hydrogens is 365 g/mol. The van der Waals surface area contributed by atoms with Gasteiger partial charge in [-0.2, -0.15) is 0 Å². The van der Waals surface area contributed by atoms with E-state index in [0.29, 0.717) is 29.4 Å². The number of benzene rings is 1. The summed E-state index contributed by atoms with van der Waals surface area (Å²) in [6.07, 6.45) is 0.806. The predicted octanol–water partition coefficient (Wildman–Crippen LogP) is 2.85. The van der Waals surface area contributed by atoms with Crippen molar-refractivity contribution in [1.29, 1.82) is 0 Å². The molecule has 0 saturated carbocycles. The molecule has 0 aliphatic rings. The molecule has 6 nitrogen and oxygen atoms in total. The van der Waals surface area contributed by atoms with E-state index in [-0.39, 0.29) is 36.3 Å². The third-order valence-corrected chi connectivity index (χ3v) is 3.91. The molecule has 1 rings (SSSR count). The number of methoxy groups -OCH3 is 1. The average Bonchev–Trinajstić information content (AvgIpc) is 2.51. The Morgan fingerprint density at radius 3 is 2.52 bits per heavy atom. The van der Waals surface area contributed by atoms with Crippen molar-refractivity contribution in [2.45, 2.75) is 32.7 Å². The second kappa shape index (κ2) is 11.3. The number of carbonyl (C=O) groups excluding carboxylic acids is 2. The molecule has 0 radical (unpaired) electrons.